The van der Waals surface area contributed by atoms with Gasteiger partial charge in [-0.25, -0.2) is 0 Å². The first-order valence-electron chi connectivity index (χ1n) is 6.46. The predicted molar refractivity (Wildman–Crippen MR) is 76.3 cm³/mol. The predicted octanol–water partition coefficient (Wildman–Crippen LogP) is 1.82. The lowest BCUT2D eigenvalue weighted by molar-refractivity contribution is 0.0690. The monoisotopic (exact) mass is 271 g/mol. The number of H-pyrrole nitrogens is 1. The van der Waals surface area contributed by atoms with E-state index in [1.54, 1.807) is 23.4 Å². The fourth-order valence-corrected chi connectivity index (χ4v) is 1.92. The van der Waals surface area contributed by atoms with Crippen molar-refractivity contribution in [1.82, 2.24) is 14.9 Å². The van der Waals surface area contributed by atoms with Gasteiger partial charge in [-0.2, -0.15) is 0 Å². The zero-order valence-corrected chi connectivity index (χ0v) is 11.5. The van der Waals surface area contributed by atoms with Crippen molar-refractivity contribution in [1.29, 1.82) is 0 Å². The van der Waals surface area contributed by atoms with Gasteiger partial charge in [0.15, 0.2) is 0 Å². The van der Waals surface area contributed by atoms with Gasteiger partial charge < -0.3 is 9.88 Å². The van der Waals surface area contributed by atoms with E-state index < -0.39 is 0 Å². The van der Waals surface area contributed by atoms with E-state index in [0.717, 1.165) is 5.56 Å². The third-order valence-electron chi connectivity index (χ3n) is 2.98. The van der Waals surface area contributed by atoms with Crippen molar-refractivity contribution in [2.75, 3.05) is 0 Å². The highest BCUT2D eigenvalue weighted by atomic mass is 16.2. The van der Waals surface area contributed by atoms with Crippen LogP contribution in [0.4, 0.5) is 0 Å². The fourth-order valence-electron chi connectivity index (χ4n) is 1.92. The Kier molecular flexibility index (Phi) is 4.30. The number of rotatable bonds is 4. The topological polar surface area (TPSA) is 66.1 Å². The summed E-state index contributed by atoms with van der Waals surface area (Å²) in [5.74, 6) is -0.157. The number of amides is 1. The van der Waals surface area contributed by atoms with Crippen LogP contribution in [0, 0.1) is 0 Å². The van der Waals surface area contributed by atoms with Crippen LogP contribution in [0.15, 0.2) is 47.7 Å². The molecule has 0 aliphatic heterocycles. The summed E-state index contributed by atoms with van der Waals surface area (Å²) in [7, 11) is 0. The number of nitrogens with one attached hydrogen (secondary N) is 1. The average Bonchev–Trinajstić information content (AvgIpc) is 2.45. The maximum Gasteiger partial charge on any atom is 0.254 e. The first kappa shape index (κ1) is 14.0. The van der Waals surface area contributed by atoms with Crippen molar-refractivity contribution >= 4 is 5.91 Å². The van der Waals surface area contributed by atoms with E-state index >= 15 is 0 Å². The number of aromatic nitrogens is 2. The molecule has 0 saturated carbocycles. The van der Waals surface area contributed by atoms with Gasteiger partial charge in [0.05, 0.1) is 0 Å². The number of pyridine rings is 2. The van der Waals surface area contributed by atoms with Crippen LogP contribution in [0.2, 0.25) is 0 Å². The van der Waals surface area contributed by atoms with Gasteiger partial charge in [-0.05, 0) is 31.5 Å². The largest absolute Gasteiger partial charge is 0.332 e. The van der Waals surface area contributed by atoms with Crippen LogP contribution in [0.25, 0.3) is 0 Å². The Morgan fingerprint density at radius 1 is 1.40 bits per heavy atom. The van der Waals surface area contributed by atoms with Crippen LogP contribution < -0.4 is 5.56 Å². The summed E-state index contributed by atoms with van der Waals surface area (Å²) in [5, 5.41) is 0. The Labute approximate surface area is 117 Å². The average molecular weight is 271 g/mol. The number of carbonyl (C=O) groups excluding carboxylic acids is 1. The van der Waals surface area contributed by atoms with Crippen molar-refractivity contribution in [2.24, 2.45) is 0 Å². The first-order valence-corrected chi connectivity index (χ1v) is 6.46. The highest BCUT2D eigenvalue weighted by Gasteiger charge is 2.19. The van der Waals surface area contributed by atoms with E-state index in [1.807, 2.05) is 26.0 Å². The molecule has 1 N–H and O–H groups in total. The molecule has 20 heavy (non-hydrogen) atoms. The quantitative estimate of drug-likeness (QED) is 0.922. The molecule has 0 aliphatic carbocycles. The lowest BCUT2D eigenvalue weighted by Crippen LogP contribution is -2.36. The number of hydrogen-bond donors (Lipinski definition) is 1. The van der Waals surface area contributed by atoms with Crippen molar-refractivity contribution in [2.45, 2.75) is 26.4 Å². The molecule has 2 aromatic rings. The number of hydrogen-bond acceptors (Lipinski definition) is 3. The normalized spacial score (nSPS) is 10.6. The van der Waals surface area contributed by atoms with Gasteiger partial charge in [0.1, 0.15) is 0 Å². The summed E-state index contributed by atoms with van der Waals surface area (Å²) in [5.41, 5.74) is 1.08. The van der Waals surface area contributed by atoms with Crippen LogP contribution in [0.5, 0.6) is 0 Å². The van der Waals surface area contributed by atoms with Gasteiger partial charge in [0, 0.05) is 42.8 Å². The van der Waals surface area contributed by atoms with Crippen LogP contribution in [0.1, 0.15) is 29.8 Å². The van der Waals surface area contributed by atoms with Crippen LogP contribution in [-0.4, -0.2) is 26.8 Å². The van der Waals surface area contributed by atoms with E-state index in [0.29, 0.717) is 12.1 Å². The lowest BCUT2D eigenvalue weighted by atomic mass is 10.1. The molecule has 2 rings (SSSR count). The van der Waals surface area contributed by atoms with Crippen molar-refractivity contribution in [3.8, 4) is 0 Å². The van der Waals surface area contributed by atoms with E-state index in [4.69, 9.17) is 0 Å². The molecule has 0 aromatic carbocycles. The van der Waals surface area contributed by atoms with Crippen molar-refractivity contribution in [3.63, 3.8) is 0 Å². The molecule has 0 atom stereocenters. The maximum absolute atomic E-state index is 12.5. The summed E-state index contributed by atoms with van der Waals surface area (Å²) in [6.07, 6.45) is 4.92. The third kappa shape index (κ3) is 3.32. The molecule has 0 saturated heterocycles. The lowest BCUT2D eigenvalue weighted by Gasteiger charge is -2.26. The zero-order chi connectivity index (χ0) is 14.5. The van der Waals surface area contributed by atoms with Crippen molar-refractivity contribution < 1.29 is 4.79 Å². The van der Waals surface area contributed by atoms with Gasteiger partial charge in [-0.1, -0.05) is 6.07 Å². The van der Waals surface area contributed by atoms with Gasteiger partial charge in [-0.15, -0.1) is 0 Å². The highest BCUT2D eigenvalue weighted by Crippen LogP contribution is 2.11. The van der Waals surface area contributed by atoms with Crippen LogP contribution in [0.3, 0.4) is 0 Å². The van der Waals surface area contributed by atoms with Crippen molar-refractivity contribution in [3.05, 3.63) is 64.3 Å². The minimum Gasteiger partial charge on any atom is -0.332 e. The standard InChI is InChI=1S/C15H17N3O2/c1-11(2)18(10-12-4-3-6-16-9-12)15(20)13-5-7-17-14(19)8-13/h3-9,11H,10H2,1-2H3,(H,17,19). The molecular formula is C15H17N3O2. The van der Waals surface area contributed by atoms with E-state index in [2.05, 4.69) is 9.97 Å². The van der Waals surface area contributed by atoms with Gasteiger partial charge >= 0.3 is 0 Å². The SMILES string of the molecule is CC(C)N(Cc1cccnc1)C(=O)c1cc[nH]c(=O)c1. The van der Waals surface area contributed by atoms with Gasteiger partial charge in [0.25, 0.3) is 5.91 Å². The minimum atomic E-state index is -0.277. The molecular weight excluding hydrogens is 254 g/mol. The second-order valence-electron chi connectivity index (χ2n) is 4.83. The maximum atomic E-state index is 12.5. The molecule has 5 nitrogen and oxygen atoms in total. The van der Waals surface area contributed by atoms with Gasteiger partial charge in [-0.3, -0.25) is 14.6 Å². The minimum absolute atomic E-state index is 0.0296. The molecule has 0 spiro atoms. The summed E-state index contributed by atoms with van der Waals surface area (Å²) >= 11 is 0. The summed E-state index contributed by atoms with van der Waals surface area (Å²) in [4.78, 5) is 32.1. The molecule has 5 heteroatoms. The Morgan fingerprint density at radius 3 is 2.80 bits per heavy atom. The second kappa shape index (κ2) is 6.14. The molecule has 0 radical (unpaired) electrons. The number of aromatic amines is 1. The molecule has 2 heterocycles. The third-order valence-corrected chi connectivity index (χ3v) is 2.98. The molecule has 0 fully saturated rings. The summed E-state index contributed by atoms with van der Waals surface area (Å²) in [6.45, 7) is 4.36. The summed E-state index contributed by atoms with van der Waals surface area (Å²) < 4.78 is 0. The Hall–Kier alpha value is -2.43. The van der Waals surface area contributed by atoms with Crippen LogP contribution >= 0.6 is 0 Å². The van der Waals surface area contributed by atoms with Crippen LogP contribution in [-0.2, 0) is 6.54 Å². The molecule has 104 valence electrons. The Morgan fingerprint density at radius 2 is 2.20 bits per heavy atom. The molecule has 0 bridgehead atoms. The number of carbonyl (C=O) groups is 1. The van der Waals surface area contributed by atoms with Gasteiger partial charge in [0.2, 0.25) is 5.56 Å². The molecule has 0 unspecified atom stereocenters. The Balaban J connectivity index is 2.25. The van der Waals surface area contributed by atoms with E-state index in [-0.39, 0.29) is 17.5 Å². The van der Waals surface area contributed by atoms with E-state index in [9.17, 15) is 9.59 Å². The Bertz CT molecular complexity index is 635. The fraction of sp³-hybridized carbons (Fsp3) is 0.267. The summed E-state index contributed by atoms with van der Waals surface area (Å²) in [6, 6.07) is 6.73. The number of nitrogens with zero attached hydrogens (tertiary/aromatic N) is 2. The first-order chi connectivity index (χ1) is 9.58. The second-order valence-corrected chi connectivity index (χ2v) is 4.83. The highest BCUT2D eigenvalue weighted by molar-refractivity contribution is 5.94. The smallest absolute Gasteiger partial charge is 0.254 e. The molecule has 2 aromatic heterocycles. The van der Waals surface area contributed by atoms with E-state index in [1.165, 1.54) is 12.3 Å². The molecule has 0 aliphatic rings. The zero-order valence-electron chi connectivity index (χ0n) is 11.5. The molecule has 1 amide bonds.